The van der Waals surface area contributed by atoms with Crippen molar-refractivity contribution in [3.63, 3.8) is 0 Å². The second-order valence-electron chi connectivity index (χ2n) is 8.02. The molecule has 3 aliphatic rings. The average molecular weight is 407 g/mol. The first-order chi connectivity index (χ1) is 14.6. The first-order valence-electron chi connectivity index (χ1n) is 10.1. The highest BCUT2D eigenvalue weighted by molar-refractivity contribution is 5.93. The molecule has 0 radical (unpaired) electrons. The molecular weight excluding hydrogens is 386 g/mol. The van der Waals surface area contributed by atoms with Gasteiger partial charge >= 0.3 is 11.9 Å². The number of anilines is 1. The van der Waals surface area contributed by atoms with Gasteiger partial charge in [-0.1, -0.05) is 18.2 Å². The third kappa shape index (κ3) is 3.40. The van der Waals surface area contributed by atoms with Crippen LogP contribution in [0.1, 0.15) is 12.8 Å². The van der Waals surface area contributed by atoms with Crippen LogP contribution in [0.4, 0.5) is 5.69 Å². The third-order valence-corrected chi connectivity index (χ3v) is 6.22. The van der Waals surface area contributed by atoms with E-state index in [4.69, 9.17) is 14.2 Å². The molecule has 2 saturated carbocycles. The maximum Gasteiger partial charge on any atom is 0.310 e. The lowest BCUT2D eigenvalue weighted by Crippen LogP contribution is -2.34. The fourth-order valence-electron chi connectivity index (χ4n) is 4.99. The van der Waals surface area contributed by atoms with Gasteiger partial charge in [-0.25, -0.2) is 0 Å². The van der Waals surface area contributed by atoms with Crippen LogP contribution in [-0.4, -0.2) is 30.6 Å². The Morgan fingerprint density at radius 1 is 1.00 bits per heavy atom. The molecule has 2 aliphatic carbocycles. The summed E-state index contributed by atoms with van der Waals surface area (Å²) in [6.07, 6.45) is 1.51. The highest BCUT2D eigenvalue weighted by Gasteiger charge is 2.64. The highest BCUT2D eigenvalue weighted by atomic mass is 16.6. The molecule has 2 aromatic rings. The molecule has 3 fully saturated rings. The lowest BCUT2D eigenvalue weighted by molar-refractivity contribution is -0.157. The smallest absolute Gasteiger partial charge is 0.310 e. The number of para-hydroxylation sites is 1. The second-order valence-corrected chi connectivity index (χ2v) is 8.02. The maximum atomic E-state index is 12.5. The zero-order valence-electron chi connectivity index (χ0n) is 16.2. The minimum atomic E-state index is -0.483. The minimum absolute atomic E-state index is 0.0336. The van der Waals surface area contributed by atoms with E-state index in [9.17, 15) is 14.4 Å². The summed E-state index contributed by atoms with van der Waals surface area (Å²) in [4.78, 5) is 36.7. The van der Waals surface area contributed by atoms with Crippen molar-refractivity contribution in [2.75, 3.05) is 11.9 Å². The maximum absolute atomic E-state index is 12.5. The lowest BCUT2D eigenvalue weighted by Gasteiger charge is -2.22. The average Bonchev–Trinajstić information content (AvgIpc) is 3.37. The van der Waals surface area contributed by atoms with Crippen molar-refractivity contribution >= 4 is 23.5 Å². The fourth-order valence-corrected chi connectivity index (χ4v) is 4.99. The number of carbonyl (C=O) groups excluding carboxylic acids is 3. The molecule has 2 aromatic carbocycles. The summed E-state index contributed by atoms with van der Waals surface area (Å²) in [6, 6.07) is 16.3. The fraction of sp³-hybridized carbons (Fsp3) is 0.348. The Morgan fingerprint density at radius 3 is 2.50 bits per heavy atom. The Kier molecular flexibility index (Phi) is 4.65. The molecule has 7 nitrogen and oxygen atoms in total. The zero-order valence-corrected chi connectivity index (χ0v) is 16.2. The number of carbonyl (C=O) groups is 3. The van der Waals surface area contributed by atoms with Crippen LogP contribution in [0.15, 0.2) is 54.6 Å². The van der Waals surface area contributed by atoms with Gasteiger partial charge in [0, 0.05) is 11.6 Å². The van der Waals surface area contributed by atoms with Crippen LogP contribution in [-0.2, 0) is 23.9 Å². The number of esters is 2. The monoisotopic (exact) mass is 407 g/mol. The van der Waals surface area contributed by atoms with Crippen molar-refractivity contribution < 1.29 is 28.6 Å². The van der Waals surface area contributed by atoms with Crippen LogP contribution in [0.3, 0.4) is 0 Å². The highest BCUT2D eigenvalue weighted by Crippen LogP contribution is 2.57. The molecule has 7 heteroatoms. The van der Waals surface area contributed by atoms with Gasteiger partial charge in [0.1, 0.15) is 17.6 Å². The van der Waals surface area contributed by atoms with Crippen LogP contribution in [0.2, 0.25) is 0 Å². The largest absolute Gasteiger partial charge is 0.462 e. The quantitative estimate of drug-likeness (QED) is 0.740. The standard InChI is InChI=1S/C23H21NO6/c25-19(24-14-6-8-16(9-7-14)29-15-4-2-1-3-5-15)12-28-22(26)20-13-10-17-18(11-13)30-23(27)21(17)20/h1-9,13,17-18,20-21H,10-12H2,(H,24,25)/t13-,17+,18-,20-,21+/m1/s1. The molecule has 1 N–H and O–H groups in total. The molecule has 154 valence electrons. The SMILES string of the molecule is O=C(COC(=O)[C@@H]1[C@@H]2C[C@@H]3[C@@H]1C(=O)O[C@@H]3C2)Nc1ccc(Oc2ccccc2)cc1. The number of rotatable bonds is 6. The van der Waals surface area contributed by atoms with Gasteiger partial charge in [0.25, 0.3) is 5.91 Å². The number of nitrogens with one attached hydrogen (secondary N) is 1. The predicted molar refractivity (Wildman–Crippen MR) is 106 cm³/mol. The van der Waals surface area contributed by atoms with E-state index in [-0.39, 0.29) is 30.5 Å². The molecule has 30 heavy (non-hydrogen) atoms. The summed E-state index contributed by atoms with van der Waals surface area (Å²) >= 11 is 0. The molecule has 1 saturated heterocycles. The summed E-state index contributed by atoms with van der Waals surface area (Å²) in [5, 5.41) is 2.69. The molecule has 1 heterocycles. The number of benzene rings is 2. The molecule has 5 rings (SSSR count). The van der Waals surface area contributed by atoms with Gasteiger partial charge in [-0.2, -0.15) is 0 Å². The third-order valence-electron chi connectivity index (χ3n) is 6.22. The zero-order chi connectivity index (χ0) is 20.7. The number of hydrogen-bond donors (Lipinski definition) is 1. The van der Waals surface area contributed by atoms with Gasteiger partial charge < -0.3 is 19.5 Å². The minimum Gasteiger partial charge on any atom is -0.462 e. The summed E-state index contributed by atoms with van der Waals surface area (Å²) in [7, 11) is 0. The number of fused-ring (bicyclic) bond motifs is 1. The summed E-state index contributed by atoms with van der Waals surface area (Å²) in [5.41, 5.74) is 0.568. The van der Waals surface area contributed by atoms with Gasteiger partial charge in [0.15, 0.2) is 6.61 Å². The van der Waals surface area contributed by atoms with Crippen LogP contribution < -0.4 is 10.1 Å². The number of amides is 1. The molecule has 0 unspecified atom stereocenters. The van der Waals surface area contributed by atoms with Gasteiger partial charge in [-0.3, -0.25) is 14.4 Å². The summed E-state index contributed by atoms with van der Waals surface area (Å²) in [6.45, 7) is -0.389. The second kappa shape index (κ2) is 7.48. The van der Waals surface area contributed by atoms with Crippen LogP contribution in [0.5, 0.6) is 11.5 Å². The van der Waals surface area contributed by atoms with E-state index in [0.29, 0.717) is 11.4 Å². The summed E-state index contributed by atoms with van der Waals surface area (Å²) < 4.78 is 16.3. The predicted octanol–water partition coefficient (Wildman–Crippen LogP) is 3.16. The summed E-state index contributed by atoms with van der Waals surface area (Å²) in [5.74, 6) is -0.488. The molecule has 0 spiro atoms. The number of hydrogen-bond acceptors (Lipinski definition) is 6. The normalized spacial score (nSPS) is 28.1. The van der Waals surface area contributed by atoms with Crippen LogP contribution >= 0.6 is 0 Å². The molecule has 1 amide bonds. The lowest BCUT2D eigenvalue weighted by atomic mass is 9.80. The Balaban J connectivity index is 1.12. The molecular formula is C23H21NO6. The van der Waals surface area contributed by atoms with E-state index in [1.807, 2.05) is 30.3 Å². The Labute approximate surface area is 173 Å². The first kappa shape index (κ1) is 18.7. The van der Waals surface area contributed by atoms with E-state index in [1.165, 1.54) is 0 Å². The topological polar surface area (TPSA) is 90.9 Å². The molecule has 5 atom stereocenters. The van der Waals surface area contributed by atoms with Crippen molar-refractivity contribution in [1.29, 1.82) is 0 Å². The van der Waals surface area contributed by atoms with Gasteiger partial charge in [-0.05, 0) is 55.2 Å². The number of ether oxygens (including phenoxy) is 3. The van der Waals surface area contributed by atoms with Crippen molar-refractivity contribution in [2.24, 2.45) is 23.7 Å². The molecule has 1 aliphatic heterocycles. The van der Waals surface area contributed by atoms with E-state index in [0.717, 1.165) is 18.6 Å². The van der Waals surface area contributed by atoms with E-state index < -0.39 is 23.7 Å². The van der Waals surface area contributed by atoms with Gasteiger partial charge in [0.2, 0.25) is 0 Å². The molecule has 0 aromatic heterocycles. The van der Waals surface area contributed by atoms with E-state index in [1.54, 1.807) is 24.3 Å². The Hall–Kier alpha value is -3.35. The van der Waals surface area contributed by atoms with E-state index in [2.05, 4.69) is 5.32 Å². The Morgan fingerprint density at radius 2 is 1.73 bits per heavy atom. The van der Waals surface area contributed by atoms with Crippen molar-refractivity contribution in [3.8, 4) is 11.5 Å². The van der Waals surface area contributed by atoms with Crippen molar-refractivity contribution in [1.82, 2.24) is 0 Å². The van der Waals surface area contributed by atoms with Crippen molar-refractivity contribution in [2.45, 2.75) is 18.9 Å². The Bertz CT molecular complexity index is 971. The van der Waals surface area contributed by atoms with Crippen LogP contribution in [0.25, 0.3) is 0 Å². The van der Waals surface area contributed by atoms with Gasteiger partial charge in [0.05, 0.1) is 11.8 Å². The van der Waals surface area contributed by atoms with Gasteiger partial charge in [-0.15, -0.1) is 0 Å². The van der Waals surface area contributed by atoms with E-state index >= 15 is 0 Å². The first-order valence-corrected chi connectivity index (χ1v) is 10.1. The molecule has 2 bridgehead atoms. The van der Waals surface area contributed by atoms with Crippen molar-refractivity contribution in [3.05, 3.63) is 54.6 Å². The van der Waals surface area contributed by atoms with Crippen LogP contribution in [0, 0.1) is 23.7 Å².